The van der Waals surface area contributed by atoms with Gasteiger partial charge in [0.1, 0.15) is 5.75 Å². The van der Waals surface area contributed by atoms with Gasteiger partial charge in [-0.15, -0.1) is 17.9 Å². The van der Waals surface area contributed by atoms with Crippen molar-refractivity contribution in [2.75, 3.05) is 12.4 Å². The summed E-state index contributed by atoms with van der Waals surface area (Å²) in [6.45, 7) is 13.1. The Morgan fingerprint density at radius 3 is 2.19 bits per heavy atom. The molecule has 1 aromatic carbocycles. The Bertz CT molecular complexity index is 901. The molecule has 1 atom stereocenters. The van der Waals surface area contributed by atoms with Crippen LogP contribution in [-0.2, 0) is 9.31 Å². The summed E-state index contributed by atoms with van der Waals surface area (Å²) in [6.07, 6.45) is 5.77. The number of rotatable bonds is 7. The first kappa shape index (κ1) is 23.4. The lowest BCUT2D eigenvalue weighted by atomic mass is 9.54. The highest BCUT2D eigenvalue weighted by Gasteiger charge is 2.57. The summed E-state index contributed by atoms with van der Waals surface area (Å²) in [7, 11) is 1.29. The quantitative estimate of drug-likeness (QED) is 0.456. The molecule has 172 valence electrons. The van der Waals surface area contributed by atoms with Gasteiger partial charge in [0.2, 0.25) is 0 Å². The third-order valence-electron chi connectivity index (χ3n) is 7.70. The predicted molar refractivity (Wildman–Crippen MR) is 134 cm³/mol. The van der Waals surface area contributed by atoms with Crippen LogP contribution in [0.4, 0.5) is 5.69 Å². The van der Waals surface area contributed by atoms with Gasteiger partial charge in [0.25, 0.3) is 0 Å². The van der Waals surface area contributed by atoms with Gasteiger partial charge in [0.15, 0.2) is 0 Å². The number of hydrogen-bond donors (Lipinski definition) is 1. The highest BCUT2D eigenvalue weighted by molar-refractivity contribution is 7.10. The smallest absolute Gasteiger partial charge is 0.490 e. The van der Waals surface area contributed by atoms with Gasteiger partial charge in [-0.1, -0.05) is 25.3 Å². The molecule has 1 N–H and O–H groups in total. The van der Waals surface area contributed by atoms with Crippen LogP contribution in [0.15, 0.2) is 53.8 Å². The van der Waals surface area contributed by atoms with Gasteiger partial charge in [0.05, 0.1) is 24.4 Å². The molecule has 1 saturated carbocycles. The molecule has 0 bridgehead atoms. The van der Waals surface area contributed by atoms with E-state index in [4.69, 9.17) is 14.0 Å². The van der Waals surface area contributed by atoms with Crippen LogP contribution in [0.5, 0.6) is 5.75 Å². The van der Waals surface area contributed by atoms with Crippen LogP contribution >= 0.6 is 11.3 Å². The first-order valence-electron chi connectivity index (χ1n) is 11.7. The van der Waals surface area contributed by atoms with Crippen LogP contribution in [0.3, 0.4) is 0 Å². The Kier molecular flexibility index (Phi) is 6.50. The van der Waals surface area contributed by atoms with Crippen molar-refractivity contribution in [1.82, 2.24) is 0 Å². The van der Waals surface area contributed by atoms with Crippen LogP contribution in [0, 0.1) is 5.41 Å². The Morgan fingerprint density at radius 1 is 1.03 bits per heavy atom. The summed E-state index contributed by atoms with van der Waals surface area (Å²) < 4.78 is 18.3. The van der Waals surface area contributed by atoms with E-state index in [0.29, 0.717) is 0 Å². The number of methoxy groups -OCH3 is 1. The molecule has 6 heteroatoms. The fourth-order valence-corrected chi connectivity index (χ4v) is 5.88. The van der Waals surface area contributed by atoms with Crippen molar-refractivity contribution in [3.8, 4) is 5.75 Å². The van der Waals surface area contributed by atoms with E-state index < -0.39 is 7.12 Å². The summed E-state index contributed by atoms with van der Waals surface area (Å²) in [6, 6.07) is 12.7. The van der Waals surface area contributed by atoms with Gasteiger partial charge in [-0.2, -0.15) is 0 Å². The van der Waals surface area contributed by atoms with E-state index in [1.165, 1.54) is 24.1 Å². The summed E-state index contributed by atoms with van der Waals surface area (Å²) >= 11 is 1.80. The topological polar surface area (TPSA) is 39.7 Å². The second-order valence-corrected chi connectivity index (χ2v) is 11.1. The monoisotopic (exact) mass is 453 g/mol. The van der Waals surface area contributed by atoms with Crippen molar-refractivity contribution in [2.45, 2.75) is 77.0 Å². The Balaban J connectivity index is 1.71. The average molecular weight is 453 g/mol. The predicted octanol–water partition coefficient (Wildman–Crippen LogP) is 7.05. The lowest BCUT2D eigenvalue weighted by Gasteiger charge is -2.46. The van der Waals surface area contributed by atoms with E-state index in [9.17, 15) is 0 Å². The molecule has 2 aliphatic rings. The molecule has 0 amide bonds. The Hall–Kier alpha value is -1.76. The molecule has 2 fully saturated rings. The summed E-state index contributed by atoms with van der Waals surface area (Å²) in [5.74, 6) is 0.859. The zero-order valence-corrected chi connectivity index (χ0v) is 20.9. The standard InChI is InChI=1S/C26H36BNO3S/c1-19(27-30-24(2,3)25(4,5)31-27)26(16-8-7-9-17-26)23(22-11-10-18-32-22)28-20-12-14-21(29-6)15-13-20/h10-15,18,23,28H,1,7-9,16-17H2,2-6H3. The van der Waals surface area contributed by atoms with Crippen molar-refractivity contribution in [3.63, 3.8) is 0 Å². The van der Waals surface area contributed by atoms with Gasteiger partial charge < -0.3 is 19.4 Å². The molecule has 2 aromatic rings. The van der Waals surface area contributed by atoms with Crippen LogP contribution < -0.4 is 10.1 Å². The van der Waals surface area contributed by atoms with Crippen molar-refractivity contribution >= 4 is 24.1 Å². The van der Waals surface area contributed by atoms with Crippen molar-refractivity contribution in [1.29, 1.82) is 0 Å². The summed E-state index contributed by atoms with van der Waals surface area (Å²) in [4.78, 5) is 1.32. The molecule has 0 spiro atoms. The number of ether oxygens (including phenoxy) is 1. The second-order valence-electron chi connectivity index (χ2n) is 10.2. The molecular weight excluding hydrogens is 417 g/mol. The van der Waals surface area contributed by atoms with Gasteiger partial charge in [-0.25, -0.2) is 0 Å². The first-order valence-corrected chi connectivity index (χ1v) is 12.6. The van der Waals surface area contributed by atoms with E-state index in [-0.39, 0.29) is 22.7 Å². The maximum absolute atomic E-state index is 6.49. The van der Waals surface area contributed by atoms with E-state index in [0.717, 1.165) is 29.8 Å². The Morgan fingerprint density at radius 2 is 1.66 bits per heavy atom. The second kappa shape index (κ2) is 8.88. The van der Waals surface area contributed by atoms with Crippen molar-refractivity contribution in [2.24, 2.45) is 5.41 Å². The van der Waals surface area contributed by atoms with Crippen LogP contribution in [0.25, 0.3) is 0 Å². The molecular formula is C26H36BNO3S. The third-order valence-corrected chi connectivity index (χ3v) is 8.64. The average Bonchev–Trinajstić information content (AvgIpc) is 3.38. The van der Waals surface area contributed by atoms with Crippen LogP contribution in [0.2, 0.25) is 0 Å². The SMILES string of the molecule is C=C(B1OC(C)(C)C(C)(C)O1)C1(C(Nc2ccc(OC)cc2)c2cccs2)CCCCC1. The molecule has 2 heterocycles. The number of anilines is 1. The van der Waals surface area contributed by atoms with E-state index in [2.05, 4.69) is 69.2 Å². The molecule has 0 radical (unpaired) electrons. The molecule has 1 unspecified atom stereocenters. The van der Waals surface area contributed by atoms with Gasteiger partial charge >= 0.3 is 7.12 Å². The molecule has 4 rings (SSSR count). The zero-order chi connectivity index (χ0) is 23.0. The van der Waals surface area contributed by atoms with E-state index in [1.54, 1.807) is 18.4 Å². The maximum atomic E-state index is 6.49. The Labute approximate surface area is 197 Å². The molecule has 1 aliphatic carbocycles. The fourth-order valence-electron chi connectivity index (χ4n) is 4.99. The third kappa shape index (κ3) is 4.25. The van der Waals surface area contributed by atoms with Gasteiger partial charge in [-0.05, 0) is 81.7 Å². The summed E-state index contributed by atoms with van der Waals surface area (Å²) in [5.41, 5.74) is 1.24. The number of thiophene rings is 1. The molecule has 1 saturated heterocycles. The number of hydrogen-bond acceptors (Lipinski definition) is 5. The van der Waals surface area contributed by atoms with Gasteiger partial charge in [-0.3, -0.25) is 0 Å². The first-order chi connectivity index (χ1) is 15.2. The largest absolute Gasteiger partial charge is 0.497 e. The van der Waals surface area contributed by atoms with E-state index >= 15 is 0 Å². The van der Waals surface area contributed by atoms with Crippen LogP contribution in [0.1, 0.15) is 70.7 Å². The number of benzene rings is 1. The molecule has 1 aliphatic heterocycles. The minimum Gasteiger partial charge on any atom is -0.497 e. The highest BCUT2D eigenvalue weighted by Crippen LogP contribution is 2.55. The zero-order valence-electron chi connectivity index (χ0n) is 20.1. The van der Waals surface area contributed by atoms with Gasteiger partial charge in [0, 0.05) is 16.0 Å². The highest BCUT2D eigenvalue weighted by atomic mass is 32.1. The summed E-state index contributed by atoms with van der Waals surface area (Å²) in [5, 5.41) is 6.03. The minimum atomic E-state index is -0.404. The van der Waals surface area contributed by atoms with E-state index in [1.807, 2.05) is 12.1 Å². The maximum Gasteiger partial charge on any atom is 0.490 e. The molecule has 4 nitrogen and oxygen atoms in total. The molecule has 1 aromatic heterocycles. The fraction of sp³-hybridized carbons (Fsp3) is 0.538. The van der Waals surface area contributed by atoms with Crippen LogP contribution in [-0.4, -0.2) is 25.4 Å². The van der Waals surface area contributed by atoms with Crippen molar-refractivity contribution < 1.29 is 14.0 Å². The number of nitrogens with one attached hydrogen (secondary N) is 1. The molecule has 32 heavy (non-hydrogen) atoms. The lowest BCUT2D eigenvalue weighted by Crippen LogP contribution is -2.43. The normalized spacial score (nSPS) is 22.3. The minimum absolute atomic E-state index is 0.0997. The van der Waals surface area contributed by atoms with Crippen molar-refractivity contribution in [3.05, 3.63) is 58.7 Å². The lowest BCUT2D eigenvalue weighted by molar-refractivity contribution is 0.00578.